The maximum Gasteiger partial charge on any atom is 0.338 e. The number of ether oxygens (including phenoxy) is 2. The molecule has 2 aromatic carbocycles. The van der Waals surface area contributed by atoms with Crippen LogP contribution in [0, 0.1) is 17.8 Å². The van der Waals surface area contributed by atoms with Crippen molar-refractivity contribution in [2.45, 2.75) is 26.2 Å². The van der Waals surface area contributed by atoms with E-state index in [4.69, 9.17) is 4.74 Å². The molecule has 1 aliphatic carbocycles. The van der Waals surface area contributed by atoms with Gasteiger partial charge in [0.1, 0.15) is 0 Å². The lowest BCUT2D eigenvalue weighted by Crippen LogP contribution is -2.30. The number of anilines is 2. The van der Waals surface area contributed by atoms with Crippen molar-refractivity contribution < 1.29 is 33.4 Å². The molecule has 3 amide bonds. The summed E-state index contributed by atoms with van der Waals surface area (Å²) in [6, 6.07) is 12.1. The first kappa shape index (κ1) is 24.1. The van der Waals surface area contributed by atoms with Gasteiger partial charge in [-0.25, -0.2) is 9.59 Å². The summed E-state index contributed by atoms with van der Waals surface area (Å²) in [7, 11) is 1.28. The number of benzene rings is 2. The van der Waals surface area contributed by atoms with Crippen LogP contribution in [0.2, 0.25) is 0 Å². The summed E-state index contributed by atoms with van der Waals surface area (Å²) < 4.78 is 9.68. The Hall–Kier alpha value is -4.01. The molecule has 9 heteroatoms. The van der Waals surface area contributed by atoms with E-state index in [1.807, 2.05) is 0 Å². The molecule has 2 fully saturated rings. The number of nitrogens with zero attached hydrogens (tertiary/aromatic N) is 1. The lowest BCUT2D eigenvalue weighted by Gasteiger charge is -2.25. The summed E-state index contributed by atoms with van der Waals surface area (Å²) in [4.78, 5) is 62.8. The first-order valence-corrected chi connectivity index (χ1v) is 11.4. The Morgan fingerprint density at radius 1 is 0.886 bits per heavy atom. The Kier molecular flexibility index (Phi) is 6.95. The largest absolute Gasteiger partial charge is 0.465 e. The fourth-order valence-corrected chi connectivity index (χ4v) is 4.61. The smallest absolute Gasteiger partial charge is 0.338 e. The molecule has 3 atom stereocenters. The van der Waals surface area contributed by atoms with Crippen LogP contribution in [0.25, 0.3) is 0 Å². The highest BCUT2D eigenvalue weighted by Gasteiger charge is 2.49. The third-order valence-electron chi connectivity index (χ3n) is 6.47. The maximum absolute atomic E-state index is 12.9. The van der Waals surface area contributed by atoms with E-state index in [0.29, 0.717) is 29.3 Å². The summed E-state index contributed by atoms with van der Waals surface area (Å²) in [5, 5.41) is 2.57. The van der Waals surface area contributed by atoms with Crippen molar-refractivity contribution in [2.75, 3.05) is 23.9 Å². The molecule has 2 aliphatic rings. The molecule has 1 heterocycles. The second kappa shape index (κ2) is 10.1. The third-order valence-corrected chi connectivity index (χ3v) is 6.47. The molecular weight excluding hydrogens is 452 g/mol. The molecule has 1 aliphatic heterocycles. The fourth-order valence-electron chi connectivity index (χ4n) is 4.61. The van der Waals surface area contributed by atoms with E-state index in [2.05, 4.69) is 17.0 Å². The van der Waals surface area contributed by atoms with E-state index in [-0.39, 0.29) is 29.2 Å². The van der Waals surface area contributed by atoms with Gasteiger partial charge in [0.25, 0.3) is 5.91 Å². The minimum absolute atomic E-state index is 0.182. The van der Waals surface area contributed by atoms with Crippen molar-refractivity contribution in [2.24, 2.45) is 17.8 Å². The number of hydrogen-bond acceptors (Lipinski definition) is 7. The molecule has 2 aromatic rings. The average Bonchev–Trinajstić information content (AvgIpc) is 3.11. The fraction of sp³-hybridized carbons (Fsp3) is 0.346. The number of carbonyl (C=O) groups is 5. The lowest BCUT2D eigenvalue weighted by atomic mass is 9.76. The normalized spacial score (nSPS) is 21.3. The van der Waals surface area contributed by atoms with Crippen molar-refractivity contribution in [3.05, 3.63) is 59.7 Å². The number of methoxy groups -OCH3 is 1. The highest BCUT2D eigenvalue weighted by atomic mass is 16.5. The molecule has 0 unspecified atom stereocenters. The number of hydrogen-bond donors (Lipinski definition) is 1. The van der Waals surface area contributed by atoms with Gasteiger partial charge in [-0.2, -0.15) is 0 Å². The van der Waals surface area contributed by atoms with Crippen LogP contribution in [-0.4, -0.2) is 43.4 Å². The highest BCUT2D eigenvalue weighted by molar-refractivity contribution is 6.22. The molecule has 182 valence electrons. The standard InChI is InChI=1S/C26H26N2O7/c1-15-3-12-20-21(13-15)24(31)28(23(20)30)19-10-6-17(7-11-19)26(33)35-14-22(29)27-18-8-4-16(5-9-18)25(32)34-2/h4-11,15,20-21H,3,12-14H2,1-2H3,(H,27,29)/t15-,20-,21+/m1/s1. The van der Waals surface area contributed by atoms with E-state index in [1.54, 1.807) is 0 Å². The summed E-state index contributed by atoms with van der Waals surface area (Å²) >= 11 is 0. The van der Waals surface area contributed by atoms with Crippen LogP contribution in [0.4, 0.5) is 11.4 Å². The zero-order chi connectivity index (χ0) is 25.1. The summed E-state index contributed by atoms with van der Waals surface area (Å²) in [5.41, 5.74) is 1.38. The highest BCUT2D eigenvalue weighted by Crippen LogP contribution is 2.42. The molecule has 0 bridgehead atoms. The number of imide groups is 1. The molecule has 0 radical (unpaired) electrons. The number of nitrogens with one attached hydrogen (secondary N) is 1. The van der Waals surface area contributed by atoms with Gasteiger partial charge in [-0.05, 0) is 73.7 Å². The van der Waals surface area contributed by atoms with E-state index >= 15 is 0 Å². The number of esters is 2. The average molecular weight is 479 g/mol. The Labute approximate surface area is 202 Å². The molecular formula is C26H26N2O7. The van der Waals surface area contributed by atoms with Crippen LogP contribution in [0.5, 0.6) is 0 Å². The predicted molar refractivity (Wildman–Crippen MR) is 126 cm³/mol. The first-order valence-electron chi connectivity index (χ1n) is 11.4. The summed E-state index contributed by atoms with van der Waals surface area (Å²) in [6.45, 7) is 1.59. The minimum atomic E-state index is -0.714. The van der Waals surface area contributed by atoms with Crippen molar-refractivity contribution in [3.63, 3.8) is 0 Å². The molecule has 1 N–H and O–H groups in total. The lowest BCUT2D eigenvalue weighted by molar-refractivity contribution is -0.122. The summed E-state index contributed by atoms with van der Waals surface area (Å²) in [5.74, 6) is -2.24. The Bertz CT molecular complexity index is 1160. The van der Waals surface area contributed by atoms with Crippen LogP contribution >= 0.6 is 0 Å². The third kappa shape index (κ3) is 5.08. The minimum Gasteiger partial charge on any atom is -0.465 e. The van der Waals surface area contributed by atoms with Gasteiger partial charge in [-0.15, -0.1) is 0 Å². The van der Waals surface area contributed by atoms with Gasteiger partial charge in [0.05, 0.1) is 35.8 Å². The zero-order valence-electron chi connectivity index (χ0n) is 19.5. The van der Waals surface area contributed by atoms with E-state index in [9.17, 15) is 24.0 Å². The van der Waals surface area contributed by atoms with Crippen LogP contribution in [0.3, 0.4) is 0 Å². The summed E-state index contributed by atoms with van der Waals surface area (Å²) in [6.07, 6.45) is 2.37. The van der Waals surface area contributed by atoms with Gasteiger partial charge >= 0.3 is 11.9 Å². The number of amides is 3. The molecule has 9 nitrogen and oxygen atoms in total. The zero-order valence-corrected chi connectivity index (χ0v) is 19.5. The SMILES string of the molecule is COC(=O)c1ccc(NC(=O)COC(=O)c2ccc(N3C(=O)[C@H]4C[C@H](C)CC[C@H]4C3=O)cc2)cc1. The topological polar surface area (TPSA) is 119 Å². The van der Waals surface area contributed by atoms with Gasteiger partial charge in [0.2, 0.25) is 11.8 Å². The quantitative estimate of drug-likeness (QED) is 0.500. The van der Waals surface area contributed by atoms with Gasteiger partial charge in [0, 0.05) is 5.69 Å². The maximum atomic E-state index is 12.9. The molecule has 4 rings (SSSR count). The Morgan fingerprint density at radius 3 is 2.14 bits per heavy atom. The van der Waals surface area contributed by atoms with Crippen LogP contribution in [-0.2, 0) is 23.9 Å². The van der Waals surface area contributed by atoms with Gasteiger partial charge in [-0.3, -0.25) is 19.3 Å². The number of rotatable bonds is 6. The van der Waals surface area contributed by atoms with Crippen molar-refractivity contribution in [1.29, 1.82) is 0 Å². The number of fused-ring (bicyclic) bond motifs is 1. The predicted octanol–water partition coefficient (Wildman–Crippen LogP) is 3.19. The monoisotopic (exact) mass is 478 g/mol. The molecule has 1 saturated heterocycles. The molecule has 35 heavy (non-hydrogen) atoms. The number of carbonyl (C=O) groups excluding carboxylic acids is 5. The second-order valence-electron chi connectivity index (χ2n) is 8.88. The van der Waals surface area contributed by atoms with Crippen molar-refractivity contribution in [3.8, 4) is 0 Å². The van der Waals surface area contributed by atoms with E-state index < -0.39 is 24.5 Å². The first-order chi connectivity index (χ1) is 16.8. The molecule has 1 saturated carbocycles. The van der Waals surface area contributed by atoms with E-state index in [0.717, 1.165) is 12.8 Å². The van der Waals surface area contributed by atoms with Crippen LogP contribution in [0.15, 0.2) is 48.5 Å². The van der Waals surface area contributed by atoms with Crippen molar-refractivity contribution >= 4 is 41.0 Å². The van der Waals surface area contributed by atoms with Crippen LogP contribution < -0.4 is 10.2 Å². The van der Waals surface area contributed by atoms with Gasteiger partial charge < -0.3 is 14.8 Å². The van der Waals surface area contributed by atoms with Crippen molar-refractivity contribution in [1.82, 2.24) is 0 Å². The van der Waals surface area contributed by atoms with E-state index in [1.165, 1.54) is 60.5 Å². The Morgan fingerprint density at radius 2 is 1.49 bits per heavy atom. The molecule has 0 aromatic heterocycles. The van der Waals surface area contributed by atoms with Crippen LogP contribution in [0.1, 0.15) is 46.9 Å². The van der Waals surface area contributed by atoms with Gasteiger partial charge in [0.15, 0.2) is 6.61 Å². The second-order valence-corrected chi connectivity index (χ2v) is 8.88. The molecule has 0 spiro atoms. The van der Waals surface area contributed by atoms with Gasteiger partial charge in [-0.1, -0.05) is 6.92 Å². The Balaban J connectivity index is 1.32.